The van der Waals surface area contributed by atoms with Gasteiger partial charge in [-0.15, -0.1) is 12.4 Å². The van der Waals surface area contributed by atoms with E-state index in [9.17, 15) is 4.79 Å². The first-order valence-electron chi connectivity index (χ1n) is 7.18. The van der Waals surface area contributed by atoms with Crippen molar-refractivity contribution in [2.75, 3.05) is 13.1 Å². The largest absolute Gasteiger partial charge is 0.338 e. The maximum atomic E-state index is 12.6. The number of nitrogens with zero attached hydrogens (tertiary/aromatic N) is 1. The summed E-state index contributed by atoms with van der Waals surface area (Å²) < 4.78 is 0. The van der Waals surface area contributed by atoms with Gasteiger partial charge in [0.25, 0.3) is 5.91 Å². The zero-order valence-electron chi connectivity index (χ0n) is 12.1. The molecule has 3 atom stereocenters. The van der Waals surface area contributed by atoms with Crippen LogP contribution in [0, 0.1) is 25.7 Å². The van der Waals surface area contributed by atoms with Gasteiger partial charge < -0.3 is 10.6 Å². The van der Waals surface area contributed by atoms with Crippen LogP contribution in [0.1, 0.15) is 34.3 Å². The van der Waals surface area contributed by atoms with E-state index in [1.165, 1.54) is 6.42 Å². The highest BCUT2D eigenvalue weighted by molar-refractivity contribution is 5.96. The second kappa shape index (κ2) is 5.74. The van der Waals surface area contributed by atoms with Crippen LogP contribution < -0.4 is 5.73 Å². The summed E-state index contributed by atoms with van der Waals surface area (Å²) in [6, 6.07) is 6.39. The fourth-order valence-corrected chi connectivity index (χ4v) is 3.61. The fourth-order valence-electron chi connectivity index (χ4n) is 3.61. The summed E-state index contributed by atoms with van der Waals surface area (Å²) in [4.78, 5) is 14.7. The molecule has 0 bridgehead atoms. The molecule has 1 saturated heterocycles. The molecular formula is C16H23ClN2O. The lowest BCUT2D eigenvalue weighted by Crippen LogP contribution is -2.33. The summed E-state index contributed by atoms with van der Waals surface area (Å²) in [7, 11) is 0. The van der Waals surface area contributed by atoms with Gasteiger partial charge in [0.1, 0.15) is 0 Å². The molecule has 4 heteroatoms. The number of nitrogens with two attached hydrogens (primary N) is 1. The monoisotopic (exact) mass is 294 g/mol. The number of aryl methyl sites for hydroxylation is 2. The molecule has 0 radical (unpaired) electrons. The van der Waals surface area contributed by atoms with Crippen molar-refractivity contribution in [2.24, 2.45) is 17.6 Å². The predicted molar refractivity (Wildman–Crippen MR) is 83.3 cm³/mol. The first kappa shape index (κ1) is 15.3. The van der Waals surface area contributed by atoms with Crippen LogP contribution in [-0.4, -0.2) is 29.9 Å². The zero-order valence-corrected chi connectivity index (χ0v) is 13.0. The smallest absolute Gasteiger partial charge is 0.254 e. The van der Waals surface area contributed by atoms with Gasteiger partial charge in [-0.3, -0.25) is 4.79 Å². The van der Waals surface area contributed by atoms with Crippen molar-refractivity contribution < 1.29 is 4.79 Å². The molecular weight excluding hydrogens is 272 g/mol. The summed E-state index contributed by atoms with van der Waals surface area (Å²) in [6.45, 7) is 5.78. The zero-order chi connectivity index (χ0) is 13.6. The third kappa shape index (κ3) is 2.57. The second-order valence-corrected chi connectivity index (χ2v) is 6.19. The Kier molecular flexibility index (Phi) is 4.40. The lowest BCUT2D eigenvalue weighted by Gasteiger charge is -2.20. The number of likely N-dealkylation sites (tertiary alicyclic amines) is 1. The topological polar surface area (TPSA) is 46.3 Å². The number of carbonyl (C=O) groups excluding carboxylic acids is 1. The lowest BCUT2D eigenvalue weighted by atomic mass is 9.98. The number of hydrogen-bond donors (Lipinski definition) is 1. The minimum Gasteiger partial charge on any atom is -0.338 e. The molecule has 1 aromatic rings. The van der Waals surface area contributed by atoms with Gasteiger partial charge in [0.15, 0.2) is 0 Å². The molecule has 1 aliphatic carbocycles. The van der Waals surface area contributed by atoms with Gasteiger partial charge in [0.2, 0.25) is 0 Å². The molecule has 2 aliphatic rings. The van der Waals surface area contributed by atoms with Gasteiger partial charge in [-0.1, -0.05) is 17.7 Å². The highest BCUT2D eigenvalue weighted by Gasteiger charge is 2.42. The number of benzene rings is 1. The van der Waals surface area contributed by atoms with E-state index >= 15 is 0 Å². The van der Waals surface area contributed by atoms with Crippen LogP contribution in [0.15, 0.2) is 18.2 Å². The van der Waals surface area contributed by atoms with Crippen LogP contribution in [0.5, 0.6) is 0 Å². The maximum absolute atomic E-state index is 12.6. The number of fused-ring (bicyclic) bond motifs is 1. The summed E-state index contributed by atoms with van der Waals surface area (Å²) in [6.07, 6.45) is 2.31. The van der Waals surface area contributed by atoms with Crippen molar-refractivity contribution >= 4 is 18.3 Å². The number of carbonyl (C=O) groups is 1. The van der Waals surface area contributed by atoms with E-state index in [0.717, 1.165) is 36.2 Å². The van der Waals surface area contributed by atoms with Crippen molar-refractivity contribution in [1.82, 2.24) is 4.90 Å². The molecule has 3 nitrogen and oxygen atoms in total. The Morgan fingerprint density at radius 3 is 2.70 bits per heavy atom. The van der Waals surface area contributed by atoms with Crippen molar-refractivity contribution in [3.8, 4) is 0 Å². The Bertz CT molecular complexity index is 517. The van der Waals surface area contributed by atoms with Crippen molar-refractivity contribution in [3.63, 3.8) is 0 Å². The van der Waals surface area contributed by atoms with Crippen LogP contribution >= 0.6 is 12.4 Å². The minimum absolute atomic E-state index is 0. The van der Waals surface area contributed by atoms with Gasteiger partial charge in [-0.05, 0) is 50.2 Å². The first-order chi connectivity index (χ1) is 9.06. The molecule has 1 aromatic carbocycles. The Morgan fingerprint density at radius 1 is 1.25 bits per heavy atom. The first-order valence-corrected chi connectivity index (χ1v) is 7.18. The molecule has 1 amide bonds. The van der Waals surface area contributed by atoms with Crippen LogP contribution in [0.3, 0.4) is 0 Å². The summed E-state index contributed by atoms with van der Waals surface area (Å²) in [5, 5.41) is 0. The molecule has 0 spiro atoms. The molecule has 1 heterocycles. The van der Waals surface area contributed by atoms with Gasteiger partial charge in [0, 0.05) is 24.7 Å². The third-order valence-electron chi connectivity index (χ3n) is 4.82. The maximum Gasteiger partial charge on any atom is 0.254 e. The Labute approximate surface area is 126 Å². The fraction of sp³-hybridized carbons (Fsp3) is 0.562. The van der Waals surface area contributed by atoms with Crippen molar-refractivity contribution in [3.05, 3.63) is 34.9 Å². The SMILES string of the molecule is Cc1ccc(C)c(C(=O)N2CC3CCC(N)C3C2)c1.Cl. The number of hydrogen-bond acceptors (Lipinski definition) is 2. The molecule has 2 N–H and O–H groups in total. The molecule has 0 aromatic heterocycles. The second-order valence-electron chi connectivity index (χ2n) is 6.19. The van der Waals surface area contributed by atoms with Gasteiger partial charge in [0.05, 0.1) is 0 Å². The highest BCUT2D eigenvalue weighted by atomic mass is 35.5. The summed E-state index contributed by atoms with van der Waals surface area (Å²) >= 11 is 0. The molecule has 2 fully saturated rings. The Balaban J connectivity index is 0.00000147. The summed E-state index contributed by atoms with van der Waals surface area (Å²) in [5.41, 5.74) is 9.20. The lowest BCUT2D eigenvalue weighted by molar-refractivity contribution is 0.0779. The van der Waals surface area contributed by atoms with E-state index in [2.05, 4.69) is 6.07 Å². The molecule has 110 valence electrons. The van der Waals surface area contributed by atoms with E-state index in [1.807, 2.05) is 30.9 Å². The molecule has 3 unspecified atom stereocenters. The van der Waals surface area contributed by atoms with Gasteiger partial charge >= 0.3 is 0 Å². The van der Waals surface area contributed by atoms with Crippen molar-refractivity contribution in [1.29, 1.82) is 0 Å². The quantitative estimate of drug-likeness (QED) is 0.865. The Hall–Kier alpha value is -1.06. The van der Waals surface area contributed by atoms with E-state index < -0.39 is 0 Å². The van der Waals surface area contributed by atoms with E-state index in [1.54, 1.807) is 0 Å². The predicted octanol–water partition coefficient (Wildman–Crippen LogP) is 2.53. The highest BCUT2D eigenvalue weighted by Crippen LogP contribution is 2.37. The van der Waals surface area contributed by atoms with Gasteiger partial charge in [-0.2, -0.15) is 0 Å². The number of halogens is 1. The Morgan fingerprint density at radius 2 is 2.00 bits per heavy atom. The van der Waals surface area contributed by atoms with Crippen LogP contribution in [0.25, 0.3) is 0 Å². The molecule has 1 saturated carbocycles. The van der Waals surface area contributed by atoms with Gasteiger partial charge in [-0.25, -0.2) is 0 Å². The van der Waals surface area contributed by atoms with Crippen molar-refractivity contribution in [2.45, 2.75) is 32.7 Å². The molecule has 20 heavy (non-hydrogen) atoms. The number of rotatable bonds is 1. The van der Waals surface area contributed by atoms with Crippen LogP contribution in [0.2, 0.25) is 0 Å². The van der Waals surface area contributed by atoms with Crippen LogP contribution in [-0.2, 0) is 0 Å². The minimum atomic E-state index is 0. The number of amides is 1. The van der Waals surface area contributed by atoms with E-state index in [4.69, 9.17) is 5.73 Å². The van der Waals surface area contributed by atoms with E-state index in [-0.39, 0.29) is 18.3 Å². The third-order valence-corrected chi connectivity index (χ3v) is 4.82. The summed E-state index contributed by atoms with van der Waals surface area (Å²) in [5.74, 6) is 1.33. The average Bonchev–Trinajstić information content (AvgIpc) is 2.94. The van der Waals surface area contributed by atoms with E-state index in [0.29, 0.717) is 17.9 Å². The van der Waals surface area contributed by atoms with Crippen LogP contribution in [0.4, 0.5) is 0 Å². The molecule has 3 rings (SSSR count). The molecule has 1 aliphatic heterocycles. The standard InChI is InChI=1S/C16H22N2O.ClH/c1-10-3-4-11(2)13(7-10)16(19)18-8-12-5-6-15(17)14(12)9-18;/h3-4,7,12,14-15H,5-6,8-9,17H2,1-2H3;1H. The normalized spacial score (nSPS) is 28.1. The average molecular weight is 295 g/mol.